The van der Waals surface area contributed by atoms with Crippen LogP contribution < -0.4 is 16.2 Å². The van der Waals surface area contributed by atoms with E-state index in [0.717, 1.165) is 30.5 Å². The van der Waals surface area contributed by atoms with Gasteiger partial charge in [0, 0.05) is 11.9 Å². The Hall–Kier alpha value is -1.98. The first kappa shape index (κ1) is 21.7. The number of carbonyl (C=O) groups is 2. The Bertz CT molecular complexity index is 985. The van der Waals surface area contributed by atoms with E-state index in [1.165, 1.54) is 23.3 Å². The smallest absolute Gasteiger partial charge is 0.341 e. The molecule has 0 unspecified atom stereocenters. The van der Waals surface area contributed by atoms with Gasteiger partial charge in [0.2, 0.25) is 0 Å². The third-order valence-corrected chi connectivity index (χ3v) is 7.22. The molecule has 0 aromatic carbocycles. The largest absolute Gasteiger partial charge is 0.465 e. The number of aromatic nitrogens is 2. The Morgan fingerprint density at radius 1 is 1.38 bits per heavy atom. The molecule has 1 atom stereocenters. The number of halogens is 1. The number of hydrogen-bond acceptors (Lipinski definition) is 6. The van der Waals surface area contributed by atoms with Crippen molar-refractivity contribution in [1.82, 2.24) is 20.6 Å². The monoisotopic (exact) mass is 499 g/mol. The number of amides is 1. The van der Waals surface area contributed by atoms with Crippen molar-refractivity contribution in [3.63, 3.8) is 0 Å². The van der Waals surface area contributed by atoms with E-state index < -0.39 is 5.91 Å². The number of nitrogens with one attached hydrogen (secondary N) is 3. The van der Waals surface area contributed by atoms with E-state index >= 15 is 0 Å². The molecule has 8 nitrogen and oxygen atoms in total. The number of aryl methyl sites for hydroxylation is 1. The number of thiophene rings is 1. The third-order valence-electron chi connectivity index (χ3n) is 4.89. The Labute approximate surface area is 186 Å². The van der Waals surface area contributed by atoms with Crippen molar-refractivity contribution in [2.24, 2.45) is 13.0 Å². The molecule has 2 heterocycles. The predicted octanol–water partition coefficient (Wildman–Crippen LogP) is 3.10. The van der Waals surface area contributed by atoms with E-state index in [0.29, 0.717) is 21.0 Å². The van der Waals surface area contributed by atoms with E-state index in [9.17, 15) is 9.59 Å². The van der Waals surface area contributed by atoms with Crippen LogP contribution in [-0.2, 0) is 24.6 Å². The minimum absolute atomic E-state index is 0.166. The number of fused-ring (bicyclic) bond motifs is 1. The lowest BCUT2D eigenvalue weighted by atomic mass is 9.88. The Morgan fingerprint density at radius 3 is 2.72 bits per heavy atom. The van der Waals surface area contributed by atoms with Gasteiger partial charge in [-0.15, -0.1) is 11.3 Å². The molecule has 3 rings (SSSR count). The number of nitrogens with zero attached hydrogens (tertiary/aromatic N) is 2. The second-order valence-corrected chi connectivity index (χ2v) is 9.26. The molecule has 0 aliphatic heterocycles. The van der Waals surface area contributed by atoms with Gasteiger partial charge in [0.05, 0.1) is 22.8 Å². The number of ether oxygens (including phenoxy) is 1. The topological polar surface area (TPSA) is 97.3 Å². The average molecular weight is 500 g/mol. The zero-order valence-electron chi connectivity index (χ0n) is 16.5. The Balaban J connectivity index is 1.71. The van der Waals surface area contributed by atoms with Crippen molar-refractivity contribution in [3.05, 3.63) is 31.9 Å². The van der Waals surface area contributed by atoms with Gasteiger partial charge in [-0.25, -0.2) is 4.79 Å². The lowest BCUT2D eigenvalue weighted by Crippen LogP contribution is -2.44. The van der Waals surface area contributed by atoms with Gasteiger partial charge in [0.25, 0.3) is 5.91 Å². The maximum atomic E-state index is 12.4. The summed E-state index contributed by atoms with van der Waals surface area (Å²) in [6.07, 6.45) is 2.79. The highest BCUT2D eigenvalue weighted by atomic mass is 79.9. The first-order valence-electron chi connectivity index (χ1n) is 9.02. The van der Waals surface area contributed by atoms with Crippen LogP contribution in [0.15, 0.2) is 4.47 Å². The summed E-state index contributed by atoms with van der Waals surface area (Å²) in [5.41, 5.74) is 7.82. The fourth-order valence-corrected chi connectivity index (χ4v) is 5.33. The van der Waals surface area contributed by atoms with E-state index in [1.54, 1.807) is 11.7 Å². The molecule has 0 fully saturated rings. The van der Waals surface area contributed by atoms with Crippen molar-refractivity contribution in [1.29, 1.82) is 0 Å². The molecular formula is C18H22BrN5O3S2. The van der Waals surface area contributed by atoms with Gasteiger partial charge < -0.3 is 10.1 Å². The number of thiocarbonyl (C=S) groups is 1. The fourth-order valence-electron chi connectivity index (χ4n) is 3.19. The van der Waals surface area contributed by atoms with Crippen LogP contribution in [0.3, 0.4) is 0 Å². The van der Waals surface area contributed by atoms with Crippen LogP contribution in [0.5, 0.6) is 0 Å². The molecule has 156 valence electrons. The van der Waals surface area contributed by atoms with Crippen LogP contribution in [0.1, 0.15) is 50.3 Å². The summed E-state index contributed by atoms with van der Waals surface area (Å²) in [5.74, 6) is -0.249. The molecule has 1 aliphatic rings. The molecule has 2 aromatic rings. The Morgan fingerprint density at radius 2 is 2.10 bits per heavy atom. The molecule has 0 radical (unpaired) electrons. The minimum atomic E-state index is -0.433. The molecule has 1 amide bonds. The average Bonchev–Trinajstić information content (AvgIpc) is 3.16. The second-order valence-electron chi connectivity index (χ2n) is 6.95. The highest BCUT2D eigenvalue weighted by molar-refractivity contribution is 9.10. The summed E-state index contributed by atoms with van der Waals surface area (Å²) >= 11 is 10.2. The quantitative estimate of drug-likeness (QED) is 0.339. The molecular weight excluding hydrogens is 478 g/mol. The number of carbonyl (C=O) groups excluding carboxylic acids is 2. The predicted molar refractivity (Wildman–Crippen MR) is 119 cm³/mol. The summed E-state index contributed by atoms with van der Waals surface area (Å²) in [4.78, 5) is 25.9. The molecule has 2 aromatic heterocycles. The van der Waals surface area contributed by atoms with Crippen molar-refractivity contribution in [3.8, 4) is 0 Å². The number of methoxy groups -OCH3 is 1. The molecule has 11 heteroatoms. The number of hydrogen-bond donors (Lipinski definition) is 3. The van der Waals surface area contributed by atoms with Crippen LogP contribution in [0.25, 0.3) is 0 Å². The highest BCUT2D eigenvalue weighted by Gasteiger charge is 2.28. The van der Waals surface area contributed by atoms with Gasteiger partial charge in [-0.05, 0) is 65.8 Å². The molecule has 29 heavy (non-hydrogen) atoms. The van der Waals surface area contributed by atoms with E-state index in [4.69, 9.17) is 17.0 Å². The van der Waals surface area contributed by atoms with Crippen molar-refractivity contribution < 1.29 is 14.3 Å². The molecule has 0 saturated heterocycles. The van der Waals surface area contributed by atoms with Crippen molar-refractivity contribution >= 4 is 61.5 Å². The Kier molecular flexibility index (Phi) is 6.59. The van der Waals surface area contributed by atoms with Crippen LogP contribution in [-0.4, -0.2) is 33.9 Å². The minimum Gasteiger partial charge on any atom is -0.465 e. The van der Waals surface area contributed by atoms with Crippen LogP contribution >= 0.6 is 39.5 Å². The standard InChI is InChI=1S/C18H22BrN5O3S2/c1-8-5-6-10-11(7-8)29-16(12(10)17(26)27-4)20-18(28)22-21-15(25)14-13(19)9(2)24(3)23-14/h8H,5-7H2,1-4H3,(H,21,25)(H2,20,22,28)/t8-/m1/s1. The SMILES string of the molecule is COC(=O)c1c(NC(=S)NNC(=O)c2nn(C)c(C)c2Br)sc2c1CC[C@@H](C)C2. The highest BCUT2D eigenvalue weighted by Crippen LogP contribution is 2.40. The fraction of sp³-hybridized carbons (Fsp3) is 0.444. The van der Waals surface area contributed by atoms with Gasteiger partial charge in [-0.3, -0.25) is 20.3 Å². The molecule has 0 saturated carbocycles. The van der Waals surface area contributed by atoms with Gasteiger partial charge >= 0.3 is 5.97 Å². The zero-order valence-corrected chi connectivity index (χ0v) is 19.7. The van der Waals surface area contributed by atoms with Crippen LogP contribution in [0.2, 0.25) is 0 Å². The first-order valence-corrected chi connectivity index (χ1v) is 11.0. The lowest BCUT2D eigenvalue weighted by molar-refractivity contribution is 0.0600. The summed E-state index contributed by atoms with van der Waals surface area (Å²) in [5, 5.41) is 7.98. The summed E-state index contributed by atoms with van der Waals surface area (Å²) in [6.45, 7) is 4.05. The third kappa shape index (κ3) is 4.46. The zero-order chi connectivity index (χ0) is 21.3. The van der Waals surface area contributed by atoms with Gasteiger partial charge in [0.15, 0.2) is 10.8 Å². The normalized spacial score (nSPS) is 15.4. The molecule has 0 bridgehead atoms. The van der Waals surface area contributed by atoms with E-state index in [-0.39, 0.29) is 16.8 Å². The number of hydrazine groups is 1. The first-order chi connectivity index (χ1) is 13.7. The van der Waals surface area contributed by atoms with Crippen LogP contribution in [0, 0.1) is 12.8 Å². The van der Waals surface area contributed by atoms with Gasteiger partial charge in [-0.2, -0.15) is 5.10 Å². The maximum Gasteiger partial charge on any atom is 0.341 e. The maximum absolute atomic E-state index is 12.4. The van der Waals surface area contributed by atoms with Crippen molar-refractivity contribution in [2.75, 3.05) is 12.4 Å². The van der Waals surface area contributed by atoms with Gasteiger partial charge in [0.1, 0.15) is 5.00 Å². The second kappa shape index (κ2) is 8.80. The summed E-state index contributed by atoms with van der Waals surface area (Å²) in [6, 6.07) is 0. The van der Waals surface area contributed by atoms with Crippen molar-refractivity contribution in [2.45, 2.75) is 33.1 Å². The molecule has 0 spiro atoms. The van der Waals surface area contributed by atoms with E-state index in [1.807, 2.05) is 6.92 Å². The number of esters is 1. The molecule has 1 aliphatic carbocycles. The number of anilines is 1. The van der Waals surface area contributed by atoms with Crippen LogP contribution in [0.4, 0.5) is 5.00 Å². The lowest BCUT2D eigenvalue weighted by Gasteiger charge is -2.18. The van der Waals surface area contributed by atoms with Gasteiger partial charge in [-0.1, -0.05) is 6.92 Å². The molecule has 3 N–H and O–H groups in total. The number of rotatable bonds is 3. The summed E-state index contributed by atoms with van der Waals surface area (Å²) < 4.78 is 7.19. The summed E-state index contributed by atoms with van der Waals surface area (Å²) in [7, 11) is 3.12. The van der Waals surface area contributed by atoms with E-state index in [2.05, 4.69) is 44.1 Å².